The van der Waals surface area contributed by atoms with E-state index in [0.717, 1.165) is 11.3 Å². The average Bonchev–Trinajstić information content (AvgIpc) is 3.41. The number of carbonyl (C=O) groups excluding carboxylic acids is 3. The van der Waals surface area contributed by atoms with Crippen molar-refractivity contribution in [3.63, 3.8) is 0 Å². The van der Waals surface area contributed by atoms with Gasteiger partial charge in [-0.1, -0.05) is 18.2 Å². The van der Waals surface area contributed by atoms with E-state index in [1.54, 1.807) is 46.1 Å². The second-order valence-electron chi connectivity index (χ2n) is 7.95. The lowest BCUT2D eigenvalue weighted by Crippen LogP contribution is -2.56. The quantitative estimate of drug-likeness (QED) is 0.637. The van der Waals surface area contributed by atoms with Crippen molar-refractivity contribution in [3.05, 3.63) is 47.0 Å². The number of thiazole rings is 1. The SMILES string of the molecule is CSCC[C@H](NC(=O)[C@H]1N2C(=O)c3ccccc3[C@@H]2SC1(C)C)C(=O)Nc1nccs1. The Kier molecular flexibility index (Phi) is 6.32. The van der Waals surface area contributed by atoms with Crippen molar-refractivity contribution in [2.75, 3.05) is 17.3 Å². The Hall–Kier alpha value is -2.04. The van der Waals surface area contributed by atoms with E-state index in [1.165, 1.54) is 11.3 Å². The van der Waals surface area contributed by atoms with Crippen LogP contribution in [0.2, 0.25) is 0 Å². The van der Waals surface area contributed by atoms with Gasteiger partial charge in [-0.3, -0.25) is 14.4 Å². The molecule has 3 heterocycles. The van der Waals surface area contributed by atoms with Crippen LogP contribution < -0.4 is 10.6 Å². The summed E-state index contributed by atoms with van der Waals surface area (Å²) in [6, 6.07) is 6.13. The van der Waals surface area contributed by atoms with Crippen molar-refractivity contribution in [1.29, 1.82) is 0 Å². The number of hydrogen-bond acceptors (Lipinski definition) is 7. The van der Waals surface area contributed by atoms with E-state index in [9.17, 15) is 14.4 Å². The molecule has 0 saturated carbocycles. The first-order valence-electron chi connectivity index (χ1n) is 9.92. The maximum Gasteiger partial charge on any atom is 0.256 e. The molecule has 0 unspecified atom stereocenters. The third-order valence-electron chi connectivity index (χ3n) is 5.45. The zero-order valence-electron chi connectivity index (χ0n) is 17.5. The Morgan fingerprint density at radius 3 is 2.81 bits per heavy atom. The van der Waals surface area contributed by atoms with Crippen molar-refractivity contribution in [3.8, 4) is 0 Å². The number of rotatable bonds is 7. The lowest BCUT2D eigenvalue weighted by molar-refractivity contribution is -0.130. The highest BCUT2D eigenvalue weighted by atomic mass is 32.2. The van der Waals surface area contributed by atoms with Crippen LogP contribution in [0.3, 0.4) is 0 Å². The highest BCUT2D eigenvalue weighted by molar-refractivity contribution is 8.01. The number of benzene rings is 1. The molecule has 7 nitrogen and oxygen atoms in total. The maximum atomic E-state index is 13.5. The molecule has 3 amide bonds. The molecule has 0 aliphatic carbocycles. The third kappa shape index (κ3) is 4.20. The van der Waals surface area contributed by atoms with Crippen molar-refractivity contribution >= 4 is 57.7 Å². The fraction of sp³-hybridized carbons (Fsp3) is 0.429. The number of aromatic nitrogens is 1. The molecule has 1 fully saturated rings. The molecule has 2 aromatic rings. The molecule has 0 spiro atoms. The molecule has 2 aliphatic heterocycles. The van der Waals surface area contributed by atoms with E-state index < -0.39 is 16.8 Å². The molecule has 2 aliphatic rings. The predicted octanol–water partition coefficient (Wildman–Crippen LogP) is 3.37. The van der Waals surface area contributed by atoms with Crippen LogP contribution in [-0.2, 0) is 9.59 Å². The minimum Gasteiger partial charge on any atom is -0.342 e. The van der Waals surface area contributed by atoms with Gasteiger partial charge in [0.15, 0.2) is 5.13 Å². The minimum absolute atomic E-state index is 0.133. The molecule has 4 rings (SSSR count). The van der Waals surface area contributed by atoms with Crippen LogP contribution in [-0.4, -0.2) is 56.4 Å². The molecule has 164 valence electrons. The number of carbonyl (C=O) groups is 3. The fourth-order valence-corrected chi connectivity index (χ4v) is 6.63. The lowest BCUT2D eigenvalue weighted by atomic mass is 10.00. The highest BCUT2D eigenvalue weighted by Gasteiger charge is 2.57. The first-order valence-corrected chi connectivity index (χ1v) is 13.1. The number of amides is 3. The number of thioether (sulfide) groups is 2. The molecule has 2 N–H and O–H groups in total. The Labute approximate surface area is 193 Å². The molecular formula is C21H24N4O3S3. The van der Waals surface area contributed by atoms with E-state index in [1.807, 2.05) is 38.3 Å². The zero-order valence-corrected chi connectivity index (χ0v) is 19.9. The number of nitrogens with zero attached hydrogens (tertiary/aromatic N) is 2. The van der Waals surface area contributed by atoms with Crippen molar-refractivity contribution in [1.82, 2.24) is 15.2 Å². The number of fused-ring (bicyclic) bond motifs is 3. The van der Waals surface area contributed by atoms with Crippen molar-refractivity contribution in [2.45, 2.75) is 42.5 Å². The van der Waals surface area contributed by atoms with E-state index in [4.69, 9.17) is 0 Å². The second-order valence-corrected chi connectivity index (χ2v) is 11.6. The molecular weight excluding hydrogens is 452 g/mol. The summed E-state index contributed by atoms with van der Waals surface area (Å²) in [5.41, 5.74) is 1.59. The van der Waals surface area contributed by atoms with Crippen LogP contribution in [0.15, 0.2) is 35.8 Å². The maximum absolute atomic E-state index is 13.5. The van der Waals surface area contributed by atoms with Gasteiger partial charge in [0.05, 0.1) is 0 Å². The summed E-state index contributed by atoms with van der Waals surface area (Å²) in [7, 11) is 0. The van der Waals surface area contributed by atoms with Gasteiger partial charge in [-0.2, -0.15) is 11.8 Å². The summed E-state index contributed by atoms with van der Waals surface area (Å²) in [5.74, 6) is -0.0166. The van der Waals surface area contributed by atoms with E-state index in [0.29, 0.717) is 17.1 Å². The summed E-state index contributed by atoms with van der Waals surface area (Å²) in [4.78, 5) is 45.2. The van der Waals surface area contributed by atoms with Crippen LogP contribution in [0.4, 0.5) is 5.13 Å². The monoisotopic (exact) mass is 476 g/mol. The van der Waals surface area contributed by atoms with Crippen LogP contribution in [0.5, 0.6) is 0 Å². The normalized spacial score (nSPS) is 22.0. The van der Waals surface area contributed by atoms with E-state index >= 15 is 0 Å². The van der Waals surface area contributed by atoms with Gasteiger partial charge in [0.1, 0.15) is 17.5 Å². The molecule has 1 saturated heterocycles. The first kappa shape index (κ1) is 22.2. The standard InChI is InChI=1S/C21H24N4O3S3/c1-21(2)15(25-18(28)12-6-4-5-7-13(12)19(25)31-21)17(27)23-14(8-10-29-3)16(26)24-20-22-9-11-30-20/h4-7,9,11,14-15,19H,8,10H2,1-3H3,(H,23,27)(H,22,24,26)/t14-,15+,19-/m0/s1. The van der Waals surface area contributed by atoms with Gasteiger partial charge in [-0.15, -0.1) is 23.1 Å². The van der Waals surface area contributed by atoms with Crippen LogP contribution in [0.25, 0.3) is 0 Å². The van der Waals surface area contributed by atoms with E-state index in [2.05, 4.69) is 15.6 Å². The van der Waals surface area contributed by atoms with Gasteiger partial charge in [0, 0.05) is 21.9 Å². The van der Waals surface area contributed by atoms with Gasteiger partial charge in [0.2, 0.25) is 11.8 Å². The Morgan fingerprint density at radius 1 is 1.32 bits per heavy atom. The molecule has 1 aromatic heterocycles. The van der Waals surface area contributed by atoms with Gasteiger partial charge in [-0.25, -0.2) is 4.98 Å². The number of hydrogen-bond donors (Lipinski definition) is 2. The molecule has 0 radical (unpaired) electrons. The second kappa shape index (κ2) is 8.84. The van der Waals surface area contributed by atoms with E-state index in [-0.39, 0.29) is 23.1 Å². The Morgan fingerprint density at radius 2 is 2.10 bits per heavy atom. The smallest absolute Gasteiger partial charge is 0.256 e. The fourth-order valence-electron chi connectivity index (χ4n) is 4.04. The summed E-state index contributed by atoms with van der Waals surface area (Å²) in [6.07, 6.45) is 4.06. The van der Waals surface area contributed by atoms with Crippen LogP contribution >= 0.6 is 34.9 Å². The van der Waals surface area contributed by atoms with Gasteiger partial charge < -0.3 is 15.5 Å². The molecule has 1 aromatic carbocycles. The average molecular weight is 477 g/mol. The zero-order chi connectivity index (χ0) is 22.2. The number of anilines is 1. The van der Waals surface area contributed by atoms with Crippen LogP contribution in [0, 0.1) is 0 Å². The first-order chi connectivity index (χ1) is 14.8. The summed E-state index contributed by atoms with van der Waals surface area (Å²) in [5, 5.41) is 7.78. The lowest BCUT2D eigenvalue weighted by Gasteiger charge is -2.31. The molecule has 0 bridgehead atoms. The van der Waals surface area contributed by atoms with Crippen molar-refractivity contribution in [2.24, 2.45) is 0 Å². The van der Waals surface area contributed by atoms with Gasteiger partial charge in [0.25, 0.3) is 5.91 Å². The largest absolute Gasteiger partial charge is 0.342 e. The Bertz CT molecular complexity index is 996. The summed E-state index contributed by atoms with van der Waals surface area (Å²) in [6.45, 7) is 3.95. The third-order valence-corrected chi connectivity index (χ3v) is 8.32. The topological polar surface area (TPSA) is 91.4 Å². The minimum atomic E-state index is -0.705. The predicted molar refractivity (Wildman–Crippen MR) is 126 cm³/mol. The molecule has 3 atom stereocenters. The van der Waals surface area contributed by atoms with Crippen LogP contribution in [0.1, 0.15) is 41.6 Å². The Balaban J connectivity index is 1.55. The van der Waals surface area contributed by atoms with Crippen molar-refractivity contribution < 1.29 is 14.4 Å². The molecule has 10 heteroatoms. The number of nitrogens with one attached hydrogen (secondary N) is 2. The van der Waals surface area contributed by atoms with Gasteiger partial charge >= 0.3 is 0 Å². The highest BCUT2D eigenvalue weighted by Crippen LogP contribution is 2.56. The van der Waals surface area contributed by atoms with Gasteiger partial charge in [-0.05, 0) is 43.9 Å². The molecule has 31 heavy (non-hydrogen) atoms. The summed E-state index contributed by atoms with van der Waals surface area (Å²) < 4.78 is -0.492. The summed E-state index contributed by atoms with van der Waals surface area (Å²) >= 11 is 4.54.